The van der Waals surface area contributed by atoms with Gasteiger partial charge in [0, 0.05) is 6.54 Å². The molecule has 1 N–H and O–H groups in total. The fourth-order valence-electron chi connectivity index (χ4n) is 2.98. The van der Waals surface area contributed by atoms with Crippen molar-refractivity contribution in [1.82, 2.24) is 10.2 Å². The van der Waals surface area contributed by atoms with Crippen LogP contribution in [-0.2, 0) is 4.79 Å². The van der Waals surface area contributed by atoms with E-state index in [0.29, 0.717) is 5.91 Å². The van der Waals surface area contributed by atoms with Gasteiger partial charge in [-0.05, 0) is 37.3 Å². The Morgan fingerprint density at radius 2 is 2.11 bits per heavy atom. The quantitative estimate of drug-likeness (QED) is 0.900. The molecule has 1 saturated carbocycles. The number of rotatable bonds is 4. The predicted octanol–water partition coefficient (Wildman–Crippen LogP) is 2.76. The van der Waals surface area contributed by atoms with Crippen LogP contribution in [0, 0.1) is 6.92 Å². The number of carbonyl (C=O) groups is 1. The second-order valence-electron chi connectivity index (χ2n) is 5.84. The van der Waals surface area contributed by atoms with Gasteiger partial charge in [-0.25, -0.2) is 0 Å². The molecule has 1 amide bonds. The first-order valence-electron chi connectivity index (χ1n) is 7.32. The normalized spacial score (nSPS) is 24.2. The minimum absolute atomic E-state index is 0.0720. The van der Waals surface area contributed by atoms with Crippen molar-refractivity contribution in [2.75, 3.05) is 6.54 Å². The molecular weight excluding hydrogens is 236 g/mol. The lowest BCUT2D eigenvalue weighted by Crippen LogP contribution is -2.33. The monoisotopic (exact) mass is 258 g/mol. The van der Waals surface area contributed by atoms with Gasteiger partial charge in [-0.1, -0.05) is 37.6 Å². The van der Waals surface area contributed by atoms with Gasteiger partial charge in [-0.2, -0.15) is 0 Å². The number of hydrogen-bond acceptors (Lipinski definition) is 2. The topological polar surface area (TPSA) is 32.3 Å². The largest absolute Gasteiger partial charge is 0.321 e. The highest BCUT2D eigenvalue weighted by Gasteiger charge is 2.59. The van der Waals surface area contributed by atoms with Crippen LogP contribution < -0.4 is 5.32 Å². The molecule has 2 aliphatic rings. The molecule has 1 atom stereocenters. The van der Waals surface area contributed by atoms with E-state index in [2.05, 4.69) is 48.3 Å². The summed E-state index contributed by atoms with van der Waals surface area (Å²) in [6, 6.07) is 8.38. The zero-order chi connectivity index (χ0) is 13.5. The summed E-state index contributed by atoms with van der Waals surface area (Å²) in [6.45, 7) is 5.16. The average Bonchev–Trinajstić information content (AvgIpc) is 3.13. The molecule has 1 aromatic carbocycles. The van der Waals surface area contributed by atoms with Crippen LogP contribution >= 0.6 is 0 Å². The third-order valence-electron chi connectivity index (χ3n) is 4.38. The lowest BCUT2D eigenvalue weighted by molar-refractivity contribution is -0.130. The second-order valence-corrected chi connectivity index (χ2v) is 5.84. The first-order chi connectivity index (χ1) is 9.18. The van der Waals surface area contributed by atoms with Gasteiger partial charge in [0.15, 0.2) is 0 Å². The molecule has 2 fully saturated rings. The van der Waals surface area contributed by atoms with Crippen LogP contribution in [0.4, 0.5) is 0 Å². The fourth-order valence-corrected chi connectivity index (χ4v) is 2.98. The van der Waals surface area contributed by atoms with E-state index in [-0.39, 0.29) is 11.7 Å². The van der Waals surface area contributed by atoms with Crippen LogP contribution in [0.25, 0.3) is 0 Å². The van der Waals surface area contributed by atoms with Gasteiger partial charge in [0.05, 0.1) is 0 Å². The Balaban J connectivity index is 1.90. The zero-order valence-electron chi connectivity index (χ0n) is 11.8. The SMILES string of the molecule is CCCCN1C(=O)C2(CC2)NC1c1ccccc1C. The van der Waals surface area contributed by atoms with E-state index in [1.807, 2.05) is 0 Å². The number of benzene rings is 1. The predicted molar refractivity (Wildman–Crippen MR) is 75.6 cm³/mol. The first-order valence-corrected chi connectivity index (χ1v) is 7.32. The molecule has 3 nitrogen and oxygen atoms in total. The van der Waals surface area contributed by atoms with Crippen molar-refractivity contribution >= 4 is 5.91 Å². The highest BCUT2D eigenvalue weighted by atomic mass is 16.2. The molecule has 1 aromatic rings. The molecule has 0 radical (unpaired) electrons. The number of aryl methyl sites for hydroxylation is 1. The van der Waals surface area contributed by atoms with E-state index in [1.165, 1.54) is 11.1 Å². The van der Waals surface area contributed by atoms with Crippen molar-refractivity contribution in [2.45, 2.75) is 51.2 Å². The zero-order valence-corrected chi connectivity index (χ0v) is 11.8. The van der Waals surface area contributed by atoms with Crippen LogP contribution in [0.3, 0.4) is 0 Å². The van der Waals surface area contributed by atoms with E-state index in [1.54, 1.807) is 0 Å². The maximum absolute atomic E-state index is 12.6. The Labute approximate surface area is 115 Å². The average molecular weight is 258 g/mol. The highest BCUT2D eigenvalue weighted by Crippen LogP contribution is 2.46. The Bertz CT molecular complexity index is 493. The van der Waals surface area contributed by atoms with E-state index in [4.69, 9.17) is 0 Å². The Morgan fingerprint density at radius 3 is 2.74 bits per heavy atom. The molecule has 102 valence electrons. The van der Waals surface area contributed by atoms with Crippen molar-refractivity contribution < 1.29 is 4.79 Å². The van der Waals surface area contributed by atoms with Gasteiger partial charge in [0.2, 0.25) is 5.91 Å². The molecule has 1 saturated heterocycles. The molecule has 1 aliphatic carbocycles. The minimum atomic E-state index is -0.222. The van der Waals surface area contributed by atoms with Crippen LogP contribution in [0.2, 0.25) is 0 Å². The smallest absolute Gasteiger partial charge is 0.244 e. The van der Waals surface area contributed by atoms with Gasteiger partial charge in [0.1, 0.15) is 11.7 Å². The van der Waals surface area contributed by atoms with E-state index in [0.717, 1.165) is 32.2 Å². The van der Waals surface area contributed by atoms with E-state index < -0.39 is 0 Å². The van der Waals surface area contributed by atoms with Gasteiger partial charge < -0.3 is 4.90 Å². The van der Waals surface area contributed by atoms with E-state index >= 15 is 0 Å². The molecule has 0 bridgehead atoms. The maximum atomic E-state index is 12.6. The third kappa shape index (κ3) is 2.06. The van der Waals surface area contributed by atoms with Crippen LogP contribution in [0.15, 0.2) is 24.3 Å². The molecule has 1 aliphatic heterocycles. The number of hydrogen-bond donors (Lipinski definition) is 1. The van der Waals surface area contributed by atoms with Crippen molar-refractivity contribution in [2.24, 2.45) is 0 Å². The summed E-state index contributed by atoms with van der Waals surface area (Å²) in [5.74, 6) is 0.314. The van der Waals surface area contributed by atoms with Crippen molar-refractivity contribution in [1.29, 1.82) is 0 Å². The molecular formula is C16H22N2O. The van der Waals surface area contributed by atoms with Crippen LogP contribution in [0.1, 0.15) is 49.9 Å². The summed E-state index contributed by atoms with van der Waals surface area (Å²) in [5.41, 5.74) is 2.28. The standard InChI is InChI=1S/C16H22N2O/c1-3-4-11-18-14(13-8-6-5-7-12(13)2)17-16(9-10-16)15(18)19/h5-8,14,17H,3-4,9-11H2,1-2H3. The summed E-state index contributed by atoms with van der Waals surface area (Å²) < 4.78 is 0. The Hall–Kier alpha value is -1.35. The second kappa shape index (κ2) is 4.64. The number of unbranched alkanes of at least 4 members (excludes halogenated alkanes) is 1. The fraction of sp³-hybridized carbons (Fsp3) is 0.562. The third-order valence-corrected chi connectivity index (χ3v) is 4.38. The highest BCUT2D eigenvalue weighted by molar-refractivity contribution is 5.92. The van der Waals surface area contributed by atoms with E-state index in [9.17, 15) is 4.79 Å². The lowest BCUT2D eigenvalue weighted by atomic mass is 10.1. The Morgan fingerprint density at radius 1 is 1.37 bits per heavy atom. The molecule has 3 rings (SSSR count). The van der Waals surface area contributed by atoms with Gasteiger partial charge in [-0.3, -0.25) is 10.1 Å². The van der Waals surface area contributed by atoms with Crippen LogP contribution in [-0.4, -0.2) is 22.9 Å². The number of nitrogens with zero attached hydrogens (tertiary/aromatic N) is 1. The molecule has 19 heavy (non-hydrogen) atoms. The lowest BCUT2D eigenvalue weighted by Gasteiger charge is -2.25. The summed E-state index contributed by atoms with van der Waals surface area (Å²) in [4.78, 5) is 14.6. The molecule has 1 spiro atoms. The van der Waals surface area contributed by atoms with Crippen molar-refractivity contribution in [3.05, 3.63) is 35.4 Å². The summed E-state index contributed by atoms with van der Waals surface area (Å²) in [6.07, 6.45) is 4.26. The number of carbonyl (C=O) groups excluding carboxylic acids is 1. The summed E-state index contributed by atoms with van der Waals surface area (Å²) in [5, 5.41) is 3.58. The molecule has 1 unspecified atom stereocenters. The summed E-state index contributed by atoms with van der Waals surface area (Å²) in [7, 11) is 0. The maximum Gasteiger partial charge on any atom is 0.244 e. The number of nitrogens with one attached hydrogen (secondary N) is 1. The minimum Gasteiger partial charge on any atom is -0.321 e. The molecule has 3 heteroatoms. The van der Waals surface area contributed by atoms with Crippen molar-refractivity contribution in [3.8, 4) is 0 Å². The van der Waals surface area contributed by atoms with Gasteiger partial charge >= 0.3 is 0 Å². The summed E-state index contributed by atoms with van der Waals surface area (Å²) >= 11 is 0. The molecule has 1 heterocycles. The van der Waals surface area contributed by atoms with Crippen molar-refractivity contribution in [3.63, 3.8) is 0 Å². The first kappa shape index (κ1) is 12.7. The van der Waals surface area contributed by atoms with Gasteiger partial charge in [-0.15, -0.1) is 0 Å². The Kier molecular flexibility index (Phi) is 3.09. The van der Waals surface area contributed by atoms with Gasteiger partial charge in [0.25, 0.3) is 0 Å². The number of amides is 1. The van der Waals surface area contributed by atoms with Crippen LogP contribution in [0.5, 0.6) is 0 Å². The molecule has 0 aromatic heterocycles.